The van der Waals surface area contributed by atoms with Crippen LogP contribution in [0, 0.1) is 12.8 Å². The molecule has 6 heteroatoms. The van der Waals surface area contributed by atoms with Gasteiger partial charge in [0.1, 0.15) is 11.5 Å². The van der Waals surface area contributed by atoms with Crippen molar-refractivity contribution in [2.75, 3.05) is 13.1 Å². The van der Waals surface area contributed by atoms with Gasteiger partial charge in [-0.2, -0.15) is 0 Å². The highest BCUT2D eigenvalue weighted by Gasteiger charge is 2.29. The summed E-state index contributed by atoms with van der Waals surface area (Å²) < 4.78 is 5.55. The molecule has 2 rings (SSSR count). The predicted octanol–water partition coefficient (Wildman–Crippen LogP) is 2.60. The minimum atomic E-state index is -0.170. The third-order valence-electron chi connectivity index (χ3n) is 4.04. The first-order valence-electron chi connectivity index (χ1n) is 8.29. The predicted molar refractivity (Wildman–Crippen MR) is 88.0 cm³/mol. The summed E-state index contributed by atoms with van der Waals surface area (Å²) in [6, 6.07) is 3.60. The number of hydrogen-bond acceptors (Lipinski definition) is 3. The van der Waals surface area contributed by atoms with Crippen molar-refractivity contribution in [2.45, 2.75) is 52.6 Å². The largest absolute Gasteiger partial charge is 0.464 e. The molecule has 1 aromatic rings. The van der Waals surface area contributed by atoms with Crippen LogP contribution in [-0.4, -0.2) is 36.0 Å². The lowest BCUT2D eigenvalue weighted by atomic mass is 9.97. The highest BCUT2D eigenvalue weighted by molar-refractivity contribution is 5.81. The second-order valence-electron chi connectivity index (χ2n) is 6.57. The lowest BCUT2D eigenvalue weighted by molar-refractivity contribution is -0.127. The molecule has 3 amide bonds. The van der Waals surface area contributed by atoms with Crippen LogP contribution < -0.4 is 10.6 Å². The summed E-state index contributed by atoms with van der Waals surface area (Å²) in [6.45, 7) is 8.81. The fourth-order valence-corrected chi connectivity index (χ4v) is 2.80. The van der Waals surface area contributed by atoms with Crippen LogP contribution in [0.2, 0.25) is 0 Å². The Kier molecular flexibility index (Phi) is 5.69. The molecule has 1 fully saturated rings. The van der Waals surface area contributed by atoms with Crippen LogP contribution in [0.3, 0.4) is 0 Å². The number of nitrogens with one attached hydrogen (secondary N) is 2. The van der Waals surface area contributed by atoms with E-state index in [0.29, 0.717) is 13.1 Å². The molecule has 0 aromatic carbocycles. The van der Waals surface area contributed by atoms with E-state index in [4.69, 9.17) is 4.42 Å². The van der Waals surface area contributed by atoms with Gasteiger partial charge in [-0.05, 0) is 52.7 Å². The molecule has 0 spiro atoms. The molecule has 1 aliphatic heterocycles. The van der Waals surface area contributed by atoms with Crippen LogP contribution in [0.1, 0.15) is 51.2 Å². The molecule has 1 aromatic heterocycles. The molecule has 0 bridgehead atoms. The standard InChI is InChI=1S/C17H27N3O3/c1-11(2)18-17(22)20-9-5-6-14(10-20)16(21)19-13(4)15-8-7-12(3)23-15/h7-8,11,13-14H,5-6,9-10H2,1-4H3,(H,18,22)(H,19,21)/t13-,14+/m0/s1. The number of carbonyl (C=O) groups is 2. The van der Waals surface area contributed by atoms with E-state index >= 15 is 0 Å². The molecule has 1 aliphatic rings. The van der Waals surface area contributed by atoms with E-state index in [2.05, 4.69) is 10.6 Å². The number of likely N-dealkylation sites (tertiary alicyclic amines) is 1. The molecule has 0 aliphatic carbocycles. The Morgan fingerprint density at radius 1 is 1.26 bits per heavy atom. The van der Waals surface area contributed by atoms with Crippen LogP contribution in [0.4, 0.5) is 4.79 Å². The van der Waals surface area contributed by atoms with Gasteiger partial charge in [-0.25, -0.2) is 4.79 Å². The summed E-state index contributed by atoms with van der Waals surface area (Å²) in [4.78, 5) is 26.3. The van der Waals surface area contributed by atoms with Crippen molar-refractivity contribution < 1.29 is 14.0 Å². The third-order valence-corrected chi connectivity index (χ3v) is 4.04. The average molecular weight is 321 g/mol. The topological polar surface area (TPSA) is 74.6 Å². The van der Waals surface area contributed by atoms with E-state index in [9.17, 15) is 9.59 Å². The monoisotopic (exact) mass is 321 g/mol. The summed E-state index contributed by atoms with van der Waals surface area (Å²) in [6.07, 6.45) is 1.65. The first-order valence-corrected chi connectivity index (χ1v) is 8.29. The van der Waals surface area contributed by atoms with Crippen LogP contribution >= 0.6 is 0 Å². The number of nitrogens with zero attached hydrogens (tertiary/aromatic N) is 1. The number of hydrogen-bond donors (Lipinski definition) is 2. The average Bonchev–Trinajstić information content (AvgIpc) is 2.93. The zero-order valence-electron chi connectivity index (χ0n) is 14.4. The van der Waals surface area contributed by atoms with Crippen LogP contribution in [0.5, 0.6) is 0 Å². The molecule has 128 valence electrons. The zero-order chi connectivity index (χ0) is 17.0. The van der Waals surface area contributed by atoms with Crippen LogP contribution in [0.15, 0.2) is 16.5 Å². The number of carbonyl (C=O) groups excluding carboxylic acids is 2. The molecule has 2 N–H and O–H groups in total. The van der Waals surface area contributed by atoms with Crippen molar-refractivity contribution in [2.24, 2.45) is 5.92 Å². The van der Waals surface area contributed by atoms with Crippen molar-refractivity contribution >= 4 is 11.9 Å². The van der Waals surface area contributed by atoms with Crippen LogP contribution in [0.25, 0.3) is 0 Å². The first kappa shape index (κ1) is 17.4. The molecule has 2 atom stereocenters. The summed E-state index contributed by atoms with van der Waals surface area (Å²) in [7, 11) is 0. The highest BCUT2D eigenvalue weighted by atomic mass is 16.3. The molecular formula is C17H27N3O3. The smallest absolute Gasteiger partial charge is 0.317 e. The number of aryl methyl sites for hydroxylation is 1. The zero-order valence-corrected chi connectivity index (χ0v) is 14.4. The quantitative estimate of drug-likeness (QED) is 0.895. The summed E-state index contributed by atoms with van der Waals surface area (Å²) in [5.74, 6) is 1.39. The minimum absolute atomic E-state index is 0.0198. The van der Waals surface area contributed by atoms with Gasteiger partial charge in [-0.3, -0.25) is 4.79 Å². The molecule has 1 saturated heterocycles. The van der Waals surface area contributed by atoms with Crippen molar-refractivity contribution in [3.8, 4) is 0 Å². The molecule has 2 heterocycles. The maximum Gasteiger partial charge on any atom is 0.317 e. The van der Waals surface area contributed by atoms with E-state index in [0.717, 1.165) is 24.4 Å². The summed E-state index contributed by atoms with van der Waals surface area (Å²) in [5, 5.41) is 5.87. The molecule has 0 radical (unpaired) electrons. The van der Waals surface area contributed by atoms with Crippen LogP contribution in [-0.2, 0) is 4.79 Å². The van der Waals surface area contributed by atoms with Gasteiger partial charge in [0.2, 0.25) is 5.91 Å². The number of piperidine rings is 1. The van der Waals surface area contributed by atoms with E-state index in [-0.39, 0.29) is 29.9 Å². The second kappa shape index (κ2) is 7.53. The normalized spacial score (nSPS) is 19.5. The Morgan fingerprint density at radius 3 is 2.61 bits per heavy atom. The van der Waals surface area contributed by atoms with Gasteiger partial charge in [0.15, 0.2) is 0 Å². The Balaban J connectivity index is 1.90. The number of furan rings is 1. The van der Waals surface area contributed by atoms with E-state index in [1.807, 2.05) is 39.8 Å². The van der Waals surface area contributed by atoms with Crippen molar-refractivity contribution in [3.05, 3.63) is 23.7 Å². The Morgan fingerprint density at radius 2 is 2.00 bits per heavy atom. The van der Waals surface area contributed by atoms with E-state index in [1.54, 1.807) is 4.90 Å². The first-order chi connectivity index (χ1) is 10.9. The minimum Gasteiger partial charge on any atom is -0.464 e. The summed E-state index contributed by atoms with van der Waals surface area (Å²) >= 11 is 0. The Hall–Kier alpha value is -1.98. The van der Waals surface area contributed by atoms with E-state index < -0.39 is 0 Å². The number of rotatable bonds is 4. The molecule has 0 unspecified atom stereocenters. The molecule has 0 saturated carbocycles. The van der Waals surface area contributed by atoms with Gasteiger partial charge in [0.05, 0.1) is 12.0 Å². The summed E-state index contributed by atoms with van der Waals surface area (Å²) in [5.41, 5.74) is 0. The molecular weight excluding hydrogens is 294 g/mol. The van der Waals surface area contributed by atoms with Gasteiger partial charge < -0.3 is 20.0 Å². The molecule has 23 heavy (non-hydrogen) atoms. The number of urea groups is 1. The number of amides is 3. The van der Waals surface area contributed by atoms with E-state index in [1.165, 1.54) is 0 Å². The maximum absolute atomic E-state index is 12.5. The second-order valence-corrected chi connectivity index (χ2v) is 6.57. The SMILES string of the molecule is Cc1ccc([C@H](C)NC(=O)[C@@H]2CCCN(C(=O)NC(C)C)C2)o1. The van der Waals surface area contributed by atoms with Crippen molar-refractivity contribution in [3.63, 3.8) is 0 Å². The molecule has 6 nitrogen and oxygen atoms in total. The van der Waals surface area contributed by atoms with Crippen molar-refractivity contribution in [1.29, 1.82) is 0 Å². The lowest BCUT2D eigenvalue weighted by Crippen LogP contribution is -2.50. The van der Waals surface area contributed by atoms with Gasteiger partial charge in [0, 0.05) is 19.1 Å². The fraction of sp³-hybridized carbons (Fsp3) is 0.647. The Labute approximate surface area is 137 Å². The Bertz CT molecular complexity index is 553. The third kappa shape index (κ3) is 4.74. The van der Waals surface area contributed by atoms with Crippen molar-refractivity contribution in [1.82, 2.24) is 15.5 Å². The van der Waals surface area contributed by atoms with Gasteiger partial charge in [0.25, 0.3) is 0 Å². The van der Waals surface area contributed by atoms with Gasteiger partial charge >= 0.3 is 6.03 Å². The van der Waals surface area contributed by atoms with Gasteiger partial charge in [-0.1, -0.05) is 0 Å². The maximum atomic E-state index is 12.5. The fourth-order valence-electron chi connectivity index (χ4n) is 2.80. The highest BCUT2D eigenvalue weighted by Crippen LogP contribution is 2.20. The van der Waals surface area contributed by atoms with Gasteiger partial charge in [-0.15, -0.1) is 0 Å². The lowest BCUT2D eigenvalue weighted by Gasteiger charge is -2.33.